The van der Waals surface area contributed by atoms with Gasteiger partial charge < -0.3 is 14.5 Å². The zero-order valence-electron chi connectivity index (χ0n) is 13.9. The van der Waals surface area contributed by atoms with Crippen molar-refractivity contribution in [3.05, 3.63) is 60.2 Å². The van der Waals surface area contributed by atoms with Crippen LogP contribution in [0.15, 0.2) is 43.0 Å². The molecule has 124 valence electrons. The highest BCUT2D eigenvalue weighted by Crippen LogP contribution is 2.16. The molecular formula is C18H22N6. The molecule has 0 amide bonds. The van der Waals surface area contributed by atoms with Gasteiger partial charge in [0.25, 0.3) is 0 Å². The molecule has 0 unspecified atom stereocenters. The van der Waals surface area contributed by atoms with Crippen molar-refractivity contribution in [2.75, 3.05) is 0 Å². The van der Waals surface area contributed by atoms with Crippen molar-refractivity contribution < 1.29 is 0 Å². The van der Waals surface area contributed by atoms with Gasteiger partial charge in [-0.1, -0.05) is 19.1 Å². The first-order valence-electron chi connectivity index (χ1n) is 8.55. The van der Waals surface area contributed by atoms with E-state index < -0.39 is 0 Å². The van der Waals surface area contributed by atoms with Crippen LogP contribution in [0.2, 0.25) is 0 Å². The fourth-order valence-corrected chi connectivity index (χ4v) is 3.27. The second-order valence-electron chi connectivity index (χ2n) is 6.25. The molecule has 6 nitrogen and oxygen atoms in total. The number of aryl methyl sites for hydroxylation is 2. The average molecular weight is 322 g/mol. The molecule has 0 fully saturated rings. The minimum Gasteiger partial charge on any atom is -0.313 e. The van der Waals surface area contributed by atoms with Gasteiger partial charge in [0.2, 0.25) is 0 Å². The van der Waals surface area contributed by atoms with Gasteiger partial charge in [-0.3, -0.25) is 0 Å². The van der Waals surface area contributed by atoms with E-state index in [0.717, 1.165) is 49.7 Å². The Morgan fingerprint density at radius 3 is 2.83 bits per heavy atom. The van der Waals surface area contributed by atoms with Gasteiger partial charge in [0.05, 0.1) is 6.33 Å². The van der Waals surface area contributed by atoms with Gasteiger partial charge in [-0.15, -0.1) is 10.2 Å². The van der Waals surface area contributed by atoms with Crippen molar-refractivity contribution in [1.82, 2.24) is 29.6 Å². The van der Waals surface area contributed by atoms with Crippen LogP contribution < -0.4 is 5.32 Å². The lowest BCUT2D eigenvalue weighted by atomic mass is 10.1. The number of nitrogens with one attached hydrogen (secondary N) is 1. The molecule has 0 saturated heterocycles. The summed E-state index contributed by atoms with van der Waals surface area (Å²) in [5.41, 5.74) is 2.43. The van der Waals surface area contributed by atoms with Crippen molar-refractivity contribution in [2.45, 2.75) is 45.3 Å². The summed E-state index contributed by atoms with van der Waals surface area (Å²) in [6.07, 6.45) is 8.63. The van der Waals surface area contributed by atoms with Crippen LogP contribution in [0, 0.1) is 0 Å². The van der Waals surface area contributed by atoms with Crippen LogP contribution in [0.5, 0.6) is 0 Å². The summed E-state index contributed by atoms with van der Waals surface area (Å²) in [6.45, 7) is 3.99. The molecular weight excluding hydrogens is 300 g/mol. The molecule has 1 atom stereocenters. The predicted molar refractivity (Wildman–Crippen MR) is 91.9 cm³/mol. The van der Waals surface area contributed by atoms with Gasteiger partial charge in [-0.2, -0.15) is 0 Å². The highest BCUT2D eigenvalue weighted by Gasteiger charge is 2.21. The maximum Gasteiger partial charge on any atom is 0.133 e. The van der Waals surface area contributed by atoms with Gasteiger partial charge in [0.1, 0.15) is 11.6 Å². The number of aromatic nitrogens is 5. The lowest BCUT2D eigenvalue weighted by Crippen LogP contribution is -2.37. The molecule has 6 heteroatoms. The summed E-state index contributed by atoms with van der Waals surface area (Å²) in [6, 6.07) is 9.09. The molecule has 1 aromatic carbocycles. The van der Waals surface area contributed by atoms with Crippen LogP contribution >= 0.6 is 0 Å². The van der Waals surface area contributed by atoms with Crippen molar-refractivity contribution in [2.24, 2.45) is 0 Å². The Labute approximate surface area is 141 Å². The molecule has 3 aromatic rings. The smallest absolute Gasteiger partial charge is 0.133 e. The predicted octanol–water partition coefficient (Wildman–Crippen LogP) is 2.13. The normalized spacial score (nSPS) is 17.0. The van der Waals surface area contributed by atoms with Crippen LogP contribution in [0.3, 0.4) is 0 Å². The Hall–Kier alpha value is -2.47. The minimum absolute atomic E-state index is 0.479. The van der Waals surface area contributed by atoms with Gasteiger partial charge in [0, 0.05) is 50.1 Å². The topological polar surface area (TPSA) is 60.6 Å². The molecule has 2 aromatic heterocycles. The van der Waals surface area contributed by atoms with Gasteiger partial charge in [0.15, 0.2) is 0 Å². The van der Waals surface area contributed by atoms with Gasteiger partial charge >= 0.3 is 0 Å². The van der Waals surface area contributed by atoms with Crippen molar-refractivity contribution in [3.8, 4) is 5.69 Å². The third-order valence-corrected chi connectivity index (χ3v) is 4.67. The van der Waals surface area contributed by atoms with E-state index in [1.165, 1.54) is 5.56 Å². The zero-order valence-corrected chi connectivity index (χ0v) is 13.9. The molecule has 1 N–H and O–H groups in total. The number of nitrogens with zero attached hydrogens (tertiary/aromatic N) is 5. The van der Waals surface area contributed by atoms with E-state index in [2.05, 4.69) is 56.3 Å². The monoisotopic (exact) mass is 322 g/mol. The highest BCUT2D eigenvalue weighted by molar-refractivity contribution is 5.34. The first-order chi connectivity index (χ1) is 11.8. The maximum atomic E-state index is 4.29. The first-order valence-corrected chi connectivity index (χ1v) is 8.55. The van der Waals surface area contributed by atoms with Crippen molar-refractivity contribution in [3.63, 3.8) is 0 Å². The summed E-state index contributed by atoms with van der Waals surface area (Å²) in [5, 5.41) is 12.3. The van der Waals surface area contributed by atoms with Crippen LogP contribution in [0.25, 0.3) is 5.69 Å². The van der Waals surface area contributed by atoms with Crippen LogP contribution in [0.4, 0.5) is 0 Å². The van der Waals surface area contributed by atoms with Crippen LogP contribution in [0.1, 0.15) is 30.6 Å². The third-order valence-electron chi connectivity index (χ3n) is 4.67. The zero-order chi connectivity index (χ0) is 16.4. The molecule has 0 saturated carbocycles. The SMILES string of the molecule is CCc1nnc2n1C[C@H](NCc1ccc(-n3ccnc3)cc1)CC2. The fraction of sp³-hybridized carbons (Fsp3) is 0.389. The number of rotatable bonds is 5. The second-order valence-corrected chi connectivity index (χ2v) is 6.25. The molecule has 1 aliphatic rings. The Balaban J connectivity index is 1.37. The molecule has 4 rings (SSSR count). The number of imidazole rings is 1. The van der Waals surface area contributed by atoms with Crippen molar-refractivity contribution in [1.29, 1.82) is 0 Å². The van der Waals surface area contributed by atoms with Crippen LogP contribution in [-0.2, 0) is 25.9 Å². The Morgan fingerprint density at radius 1 is 1.21 bits per heavy atom. The van der Waals surface area contributed by atoms with E-state index >= 15 is 0 Å². The largest absolute Gasteiger partial charge is 0.313 e. The lowest BCUT2D eigenvalue weighted by Gasteiger charge is -2.25. The molecule has 0 bridgehead atoms. The molecule has 24 heavy (non-hydrogen) atoms. The summed E-state index contributed by atoms with van der Waals surface area (Å²) in [5.74, 6) is 2.23. The molecule has 1 aliphatic heterocycles. The van der Waals surface area contributed by atoms with E-state index in [1.807, 2.05) is 17.1 Å². The fourth-order valence-electron chi connectivity index (χ4n) is 3.27. The first kappa shape index (κ1) is 15.1. The Kier molecular flexibility index (Phi) is 4.13. The summed E-state index contributed by atoms with van der Waals surface area (Å²) >= 11 is 0. The highest BCUT2D eigenvalue weighted by atomic mass is 15.3. The summed E-state index contributed by atoms with van der Waals surface area (Å²) in [4.78, 5) is 4.08. The number of hydrogen-bond acceptors (Lipinski definition) is 4. The van der Waals surface area contributed by atoms with E-state index in [1.54, 1.807) is 6.20 Å². The molecule has 0 spiro atoms. The van der Waals surface area contributed by atoms with E-state index in [-0.39, 0.29) is 0 Å². The molecule has 3 heterocycles. The van der Waals surface area contributed by atoms with Gasteiger partial charge in [-0.25, -0.2) is 4.98 Å². The maximum absolute atomic E-state index is 4.29. The lowest BCUT2D eigenvalue weighted by molar-refractivity contribution is 0.373. The Morgan fingerprint density at radius 2 is 2.08 bits per heavy atom. The molecule has 0 aliphatic carbocycles. The number of benzene rings is 1. The average Bonchev–Trinajstić information content (AvgIpc) is 3.29. The molecule has 0 radical (unpaired) electrons. The Bertz CT molecular complexity index is 774. The van der Waals surface area contributed by atoms with Gasteiger partial charge in [-0.05, 0) is 24.1 Å². The number of fused-ring (bicyclic) bond motifs is 1. The van der Waals surface area contributed by atoms with E-state index in [4.69, 9.17) is 0 Å². The summed E-state index contributed by atoms with van der Waals surface area (Å²) in [7, 11) is 0. The van der Waals surface area contributed by atoms with E-state index in [9.17, 15) is 0 Å². The van der Waals surface area contributed by atoms with E-state index in [0.29, 0.717) is 6.04 Å². The van der Waals surface area contributed by atoms with Crippen LogP contribution in [-0.4, -0.2) is 30.4 Å². The third kappa shape index (κ3) is 2.97. The second kappa shape index (κ2) is 6.57. The quantitative estimate of drug-likeness (QED) is 0.782. The number of hydrogen-bond donors (Lipinski definition) is 1. The summed E-state index contributed by atoms with van der Waals surface area (Å²) < 4.78 is 4.29. The van der Waals surface area contributed by atoms with Crippen molar-refractivity contribution >= 4 is 0 Å². The standard InChI is InChI=1S/C18H22N6/c1-2-17-21-22-18-8-5-15(12-24(17)18)20-11-14-3-6-16(7-4-14)23-10-9-19-13-23/h3-4,6-7,9-10,13,15,20H,2,5,8,11-12H2,1H3/t15-/m1/s1. The minimum atomic E-state index is 0.479.